The predicted octanol–water partition coefficient (Wildman–Crippen LogP) is 0.894. The average molecular weight is 176 g/mol. The Morgan fingerprint density at radius 2 is 2.00 bits per heavy atom. The van der Waals surface area contributed by atoms with Crippen molar-refractivity contribution in [1.29, 1.82) is 0 Å². The van der Waals surface area contributed by atoms with E-state index in [1.54, 1.807) is 6.92 Å². The van der Waals surface area contributed by atoms with Gasteiger partial charge in [-0.1, -0.05) is 6.92 Å². The van der Waals surface area contributed by atoms with Gasteiger partial charge < -0.3 is 9.99 Å². The minimum absolute atomic E-state index is 0.304. The number of carbonyl (C=O) groups excluding carboxylic acids is 1. The van der Waals surface area contributed by atoms with Gasteiger partial charge in [0.1, 0.15) is 0 Å². The molecule has 0 radical (unpaired) electrons. The van der Waals surface area contributed by atoms with Gasteiger partial charge in [0.05, 0.1) is 11.8 Å². The van der Waals surface area contributed by atoms with Crippen LogP contribution in [0, 0.1) is 5.41 Å². The zero-order chi connectivity index (χ0) is 9.78. The van der Waals surface area contributed by atoms with Crippen molar-refractivity contribution in [3.05, 3.63) is 0 Å². The molecule has 0 aliphatic carbocycles. The first-order valence-corrected chi connectivity index (χ1v) is 3.54. The molecule has 0 bridgehead atoms. The number of rotatable bonds is 4. The summed E-state index contributed by atoms with van der Waals surface area (Å²) in [6.45, 7) is 3.08. The largest absolute Gasteiger partial charge is 0.481 e. The molecule has 0 amide bonds. The van der Waals surface area contributed by atoms with E-state index in [1.165, 1.54) is 6.92 Å². The van der Waals surface area contributed by atoms with E-state index in [-0.39, 0.29) is 6.42 Å². The molecule has 0 spiro atoms. The van der Waals surface area contributed by atoms with Crippen LogP contribution in [0.4, 0.5) is 0 Å². The lowest BCUT2D eigenvalue weighted by Gasteiger charge is -2.20. The summed E-state index contributed by atoms with van der Waals surface area (Å²) in [5, 5.41) is 16.5. The number of hydrogen-bond acceptors (Lipinski definition) is 4. The highest BCUT2D eigenvalue weighted by atomic mass is 17.1. The molecule has 0 aromatic rings. The molecule has 0 heterocycles. The van der Waals surface area contributed by atoms with Gasteiger partial charge in [-0.3, -0.25) is 4.79 Å². The van der Waals surface area contributed by atoms with Gasteiger partial charge in [0.15, 0.2) is 0 Å². The lowest BCUT2D eigenvalue weighted by atomic mass is 9.84. The molecule has 0 saturated carbocycles. The summed E-state index contributed by atoms with van der Waals surface area (Å²) >= 11 is 0. The van der Waals surface area contributed by atoms with Crippen molar-refractivity contribution in [2.45, 2.75) is 26.7 Å². The molecule has 5 heteroatoms. The summed E-state index contributed by atoms with van der Waals surface area (Å²) in [5.41, 5.74) is -1.14. The highest BCUT2D eigenvalue weighted by molar-refractivity contribution is 5.81. The normalized spacial score (nSPS) is 14.9. The topological polar surface area (TPSA) is 83.8 Å². The first-order chi connectivity index (χ1) is 5.46. The van der Waals surface area contributed by atoms with Crippen LogP contribution in [0.3, 0.4) is 0 Å². The Labute approximate surface area is 69.9 Å². The molecule has 1 unspecified atom stereocenters. The van der Waals surface area contributed by atoms with Gasteiger partial charge in [-0.15, -0.1) is 0 Å². The van der Waals surface area contributed by atoms with Gasteiger partial charge in [0.25, 0.3) is 0 Å². The molecule has 0 rings (SSSR count). The molecule has 5 nitrogen and oxygen atoms in total. The molecule has 70 valence electrons. The summed E-state index contributed by atoms with van der Waals surface area (Å²) in [5.74, 6) is -2.00. The van der Waals surface area contributed by atoms with Crippen LogP contribution < -0.4 is 0 Å². The highest BCUT2D eigenvalue weighted by Gasteiger charge is 2.36. The van der Waals surface area contributed by atoms with Gasteiger partial charge in [0.2, 0.25) is 0 Å². The van der Waals surface area contributed by atoms with Crippen molar-refractivity contribution in [3.8, 4) is 0 Å². The van der Waals surface area contributed by atoms with E-state index >= 15 is 0 Å². The third kappa shape index (κ3) is 2.50. The number of carboxylic acids is 1. The number of aliphatic carboxylic acids is 1. The van der Waals surface area contributed by atoms with Crippen molar-refractivity contribution in [3.63, 3.8) is 0 Å². The Morgan fingerprint density at radius 3 is 2.25 bits per heavy atom. The summed E-state index contributed by atoms with van der Waals surface area (Å²) < 4.78 is 0. The first-order valence-electron chi connectivity index (χ1n) is 3.54. The Morgan fingerprint density at radius 1 is 1.50 bits per heavy atom. The summed E-state index contributed by atoms with van der Waals surface area (Å²) in [4.78, 5) is 24.7. The SMILES string of the molecule is CCC(C)(CC(=O)O)C(=O)OO. The summed E-state index contributed by atoms with van der Waals surface area (Å²) in [6, 6.07) is 0. The van der Waals surface area contributed by atoms with Gasteiger partial charge in [-0.2, -0.15) is 5.26 Å². The van der Waals surface area contributed by atoms with Crippen LogP contribution in [0.2, 0.25) is 0 Å². The molecule has 0 aromatic carbocycles. The van der Waals surface area contributed by atoms with E-state index in [0.717, 1.165) is 0 Å². The van der Waals surface area contributed by atoms with Crippen molar-refractivity contribution in [2.75, 3.05) is 0 Å². The number of hydrogen-bond donors (Lipinski definition) is 2. The van der Waals surface area contributed by atoms with Crippen LogP contribution in [-0.4, -0.2) is 22.3 Å². The molecule has 0 aliphatic heterocycles. The van der Waals surface area contributed by atoms with Gasteiger partial charge in [-0.05, 0) is 13.3 Å². The smallest absolute Gasteiger partial charge is 0.348 e. The van der Waals surface area contributed by atoms with Crippen molar-refractivity contribution in [1.82, 2.24) is 0 Å². The lowest BCUT2D eigenvalue weighted by Crippen LogP contribution is -2.31. The molecular weight excluding hydrogens is 164 g/mol. The minimum Gasteiger partial charge on any atom is -0.481 e. The van der Waals surface area contributed by atoms with Crippen LogP contribution in [-0.2, 0) is 14.5 Å². The molecular formula is C7H12O5. The Balaban J connectivity index is 4.44. The third-order valence-electron chi connectivity index (χ3n) is 1.90. The number of carboxylic acid groups (broad SMARTS) is 1. The van der Waals surface area contributed by atoms with Crippen LogP contribution in [0.5, 0.6) is 0 Å². The van der Waals surface area contributed by atoms with Crippen LogP contribution in [0.1, 0.15) is 26.7 Å². The lowest BCUT2D eigenvalue weighted by molar-refractivity contribution is -0.245. The molecule has 0 aliphatic rings. The van der Waals surface area contributed by atoms with Crippen molar-refractivity contribution >= 4 is 11.9 Å². The molecule has 12 heavy (non-hydrogen) atoms. The van der Waals surface area contributed by atoms with E-state index in [1.807, 2.05) is 0 Å². The molecule has 2 N–H and O–H groups in total. The second-order valence-corrected chi connectivity index (χ2v) is 2.86. The molecule has 0 saturated heterocycles. The maximum absolute atomic E-state index is 10.9. The van der Waals surface area contributed by atoms with E-state index in [9.17, 15) is 9.59 Å². The minimum atomic E-state index is -1.14. The zero-order valence-corrected chi connectivity index (χ0v) is 7.03. The molecule has 0 aromatic heterocycles. The fourth-order valence-corrected chi connectivity index (χ4v) is 0.785. The van der Waals surface area contributed by atoms with Gasteiger partial charge in [-0.25, -0.2) is 4.79 Å². The van der Waals surface area contributed by atoms with Crippen LogP contribution >= 0.6 is 0 Å². The standard InChI is InChI=1S/C7H12O5/c1-3-7(2,4-5(8)9)6(10)12-11/h11H,3-4H2,1-2H3,(H,8,9). The van der Waals surface area contributed by atoms with Gasteiger partial charge >= 0.3 is 11.9 Å². The van der Waals surface area contributed by atoms with Crippen molar-refractivity contribution in [2.24, 2.45) is 5.41 Å². The molecule has 1 atom stereocenters. The maximum atomic E-state index is 10.9. The van der Waals surface area contributed by atoms with E-state index in [4.69, 9.17) is 10.4 Å². The molecule has 0 fully saturated rings. The second-order valence-electron chi connectivity index (χ2n) is 2.86. The number of carbonyl (C=O) groups is 2. The zero-order valence-electron chi connectivity index (χ0n) is 7.03. The fraction of sp³-hybridized carbons (Fsp3) is 0.714. The Hall–Kier alpha value is -1.10. The second kappa shape index (κ2) is 4.06. The third-order valence-corrected chi connectivity index (χ3v) is 1.90. The van der Waals surface area contributed by atoms with E-state index < -0.39 is 17.4 Å². The maximum Gasteiger partial charge on any atom is 0.348 e. The average Bonchev–Trinajstić information content (AvgIpc) is 2.01. The highest BCUT2D eigenvalue weighted by Crippen LogP contribution is 2.26. The Bertz CT molecular complexity index is 188. The van der Waals surface area contributed by atoms with E-state index in [2.05, 4.69) is 4.89 Å². The first kappa shape index (κ1) is 10.9. The Kier molecular flexibility index (Phi) is 3.69. The van der Waals surface area contributed by atoms with Crippen molar-refractivity contribution < 1.29 is 24.8 Å². The van der Waals surface area contributed by atoms with Crippen LogP contribution in [0.25, 0.3) is 0 Å². The predicted molar refractivity (Wildman–Crippen MR) is 39.4 cm³/mol. The van der Waals surface area contributed by atoms with Crippen LogP contribution in [0.15, 0.2) is 0 Å². The fourth-order valence-electron chi connectivity index (χ4n) is 0.785. The van der Waals surface area contributed by atoms with E-state index in [0.29, 0.717) is 6.42 Å². The quantitative estimate of drug-likeness (QED) is 0.491. The van der Waals surface area contributed by atoms with Gasteiger partial charge in [0, 0.05) is 0 Å². The summed E-state index contributed by atoms with van der Waals surface area (Å²) in [6.07, 6.45) is -0.0401. The monoisotopic (exact) mass is 176 g/mol. The summed E-state index contributed by atoms with van der Waals surface area (Å²) in [7, 11) is 0.